The molecule has 1 atom stereocenters. The first-order valence-corrected chi connectivity index (χ1v) is 11.9. The van der Waals surface area contributed by atoms with E-state index < -0.39 is 17.4 Å². The Labute approximate surface area is 211 Å². The van der Waals surface area contributed by atoms with E-state index in [0.29, 0.717) is 33.6 Å². The maximum Gasteiger partial charge on any atom is 0.331 e. The summed E-state index contributed by atoms with van der Waals surface area (Å²) >= 11 is 0. The molecule has 3 heterocycles. The highest BCUT2D eigenvalue weighted by atomic mass is 16.5. The summed E-state index contributed by atoms with van der Waals surface area (Å²) < 4.78 is 11.0. The first-order chi connectivity index (χ1) is 17.7. The molecule has 37 heavy (non-hydrogen) atoms. The fourth-order valence-electron chi connectivity index (χ4n) is 5.34. The minimum atomic E-state index is -0.916. The summed E-state index contributed by atoms with van der Waals surface area (Å²) in [5, 5.41) is 21.5. The smallest absolute Gasteiger partial charge is 0.331 e. The average molecular weight is 496 g/mol. The molecule has 1 aliphatic heterocycles. The minimum absolute atomic E-state index is 0.290. The van der Waals surface area contributed by atoms with Crippen molar-refractivity contribution >= 4 is 10.9 Å². The van der Waals surface area contributed by atoms with Crippen LogP contribution in [-0.4, -0.2) is 23.9 Å². The molecule has 0 amide bonds. The summed E-state index contributed by atoms with van der Waals surface area (Å²) in [5.74, 6) is -0.0693. The van der Waals surface area contributed by atoms with Gasteiger partial charge in [0, 0.05) is 25.2 Å². The Kier molecular flexibility index (Phi) is 4.85. The zero-order valence-corrected chi connectivity index (χ0v) is 20.8. The fourth-order valence-corrected chi connectivity index (χ4v) is 5.34. The van der Waals surface area contributed by atoms with Crippen LogP contribution in [0.2, 0.25) is 0 Å². The summed E-state index contributed by atoms with van der Waals surface area (Å²) in [6.07, 6.45) is -0.916. The average Bonchev–Trinajstić information content (AvgIpc) is 3.24. The second-order valence-corrected chi connectivity index (χ2v) is 9.50. The van der Waals surface area contributed by atoms with Gasteiger partial charge in [0.1, 0.15) is 5.75 Å². The van der Waals surface area contributed by atoms with Crippen LogP contribution in [0.15, 0.2) is 70.3 Å². The van der Waals surface area contributed by atoms with Crippen LogP contribution in [-0.2, 0) is 14.1 Å². The van der Waals surface area contributed by atoms with E-state index in [4.69, 9.17) is 4.74 Å². The molecule has 0 saturated heterocycles. The normalized spacial score (nSPS) is 14.3. The second-order valence-electron chi connectivity index (χ2n) is 9.50. The van der Waals surface area contributed by atoms with Gasteiger partial charge in [0.25, 0.3) is 5.56 Å². The number of ether oxygens (including phenoxy) is 1. The summed E-state index contributed by atoms with van der Waals surface area (Å²) in [6.45, 7) is 3.95. The maximum atomic E-state index is 13.8. The second kappa shape index (κ2) is 7.89. The minimum Gasteiger partial charge on any atom is -0.504 e. The van der Waals surface area contributed by atoms with Crippen molar-refractivity contribution in [2.24, 2.45) is 14.1 Å². The molecule has 2 aromatic heterocycles. The summed E-state index contributed by atoms with van der Waals surface area (Å²) in [6, 6.07) is 18.2. The number of phenols is 2. The third-order valence-electron chi connectivity index (χ3n) is 7.19. The number of para-hydroxylation sites is 1. The molecule has 0 radical (unpaired) electrons. The number of phenolic OH excluding ortho intramolecular Hbond substituents is 2. The van der Waals surface area contributed by atoms with Gasteiger partial charge < -0.3 is 19.5 Å². The molecule has 2 N–H and O–H groups in total. The lowest BCUT2D eigenvalue weighted by atomic mass is 10.0. The quantitative estimate of drug-likeness (QED) is 0.358. The molecular weight excluding hydrogens is 470 g/mol. The third-order valence-corrected chi connectivity index (χ3v) is 7.19. The highest BCUT2D eigenvalue weighted by Gasteiger charge is 2.37. The Morgan fingerprint density at radius 3 is 2.41 bits per heavy atom. The Balaban J connectivity index is 1.91. The van der Waals surface area contributed by atoms with Crippen molar-refractivity contribution in [3.05, 3.63) is 104 Å². The molecule has 6 rings (SSSR count). The van der Waals surface area contributed by atoms with Gasteiger partial charge in [-0.25, -0.2) is 4.79 Å². The highest BCUT2D eigenvalue weighted by molar-refractivity contribution is 5.99. The van der Waals surface area contributed by atoms with Gasteiger partial charge in [-0.2, -0.15) is 0 Å². The van der Waals surface area contributed by atoms with Crippen molar-refractivity contribution in [3.63, 3.8) is 0 Å². The number of fused-ring (bicyclic) bond motifs is 5. The van der Waals surface area contributed by atoms with Crippen LogP contribution in [0, 0.1) is 13.8 Å². The van der Waals surface area contributed by atoms with Crippen molar-refractivity contribution in [2.45, 2.75) is 20.0 Å². The van der Waals surface area contributed by atoms with Crippen molar-refractivity contribution in [1.29, 1.82) is 0 Å². The van der Waals surface area contributed by atoms with Gasteiger partial charge in [-0.05, 0) is 43.2 Å². The number of hydrogen-bond donors (Lipinski definition) is 2. The summed E-state index contributed by atoms with van der Waals surface area (Å²) in [5.41, 5.74) is 4.48. The maximum absolute atomic E-state index is 13.8. The molecule has 5 aromatic rings. The first kappa shape index (κ1) is 22.7. The number of benzene rings is 3. The Bertz CT molecular complexity index is 1880. The van der Waals surface area contributed by atoms with Crippen molar-refractivity contribution < 1.29 is 14.9 Å². The topological polar surface area (TPSA) is 98.6 Å². The lowest BCUT2D eigenvalue weighted by Gasteiger charge is -2.31. The molecule has 0 unspecified atom stereocenters. The molecule has 3 aromatic carbocycles. The molecule has 0 saturated carbocycles. The van der Waals surface area contributed by atoms with E-state index in [1.807, 2.05) is 60.9 Å². The van der Waals surface area contributed by atoms with E-state index in [-0.39, 0.29) is 11.5 Å². The van der Waals surface area contributed by atoms with Crippen LogP contribution in [0.3, 0.4) is 0 Å². The van der Waals surface area contributed by atoms with Crippen LogP contribution >= 0.6 is 0 Å². The third kappa shape index (κ3) is 3.08. The van der Waals surface area contributed by atoms with E-state index in [2.05, 4.69) is 0 Å². The largest absolute Gasteiger partial charge is 0.504 e. The molecular formula is C29H25N3O5. The van der Waals surface area contributed by atoms with Crippen LogP contribution in [0.5, 0.6) is 17.2 Å². The number of aromatic nitrogens is 3. The number of rotatable bonds is 2. The zero-order chi connectivity index (χ0) is 26.2. The predicted molar refractivity (Wildman–Crippen MR) is 141 cm³/mol. The monoisotopic (exact) mass is 495 g/mol. The molecule has 0 aliphatic carbocycles. The molecule has 186 valence electrons. The highest BCUT2D eigenvalue weighted by Crippen LogP contribution is 2.49. The molecule has 0 fully saturated rings. The zero-order valence-electron chi connectivity index (χ0n) is 20.8. The van der Waals surface area contributed by atoms with Crippen molar-refractivity contribution in [3.8, 4) is 34.2 Å². The van der Waals surface area contributed by atoms with E-state index >= 15 is 0 Å². The first-order valence-electron chi connectivity index (χ1n) is 11.9. The van der Waals surface area contributed by atoms with Gasteiger partial charge in [-0.3, -0.25) is 13.9 Å². The van der Waals surface area contributed by atoms with Crippen LogP contribution in [0.1, 0.15) is 28.5 Å². The summed E-state index contributed by atoms with van der Waals surface area (Å²) in [4.78, 5) is 26.9. The number of aryl methyl sites for hydroxylation is 3. The van der Waals surface area contributed by atoms with Gasteiger partial charge in [-0.1, -0.05) is 42.5 Å². The van der Waals surface area contributed by atoms with Gasteiger partial charge in [-0.15, -0.1) is 0 Å². The van der Waals surface area contributed by atoms with Gasteiger partial charge in [0.2, 0.25) is 0 Å². The van der Waals surface area contributed by atoms with Crippen molar-refractivity contribution in [2.75, 3.05) is 0 Å². The Morgan fingerprint density at radius 1 is 0.892 bits per heavy atom. The van der Waals surface area contributed by atoms with Gasteiger partial charge >= 0.3 is 5.69 Å². The van der Waals surface area contributed by atoms with E-state index in [1.165, 1.54) is 17.7 Å². The molecule has 8 heteroatoms. The lowest BCUT2D eigenvalue weighted by Crippen LogP contribution is -2.37. The number of nitrogens with zero attached hydrogens (tertiary/aromatic N) is 3. The summed E-state index contributed by atoms with van der Waals surface area (Å²) in [7, 11) is 3.09. The van der Waals surface area contributed by atoms with Crippen LogP contribution in [0.4, 0.5) is 0 Å². The van der Waals surface area contributed by atoms with E-state index in [9.17, 15) is 19.8 Å². The van der Waals surface area contributed by atoms with E-state index in [1.54, 1.807) is 19.2 Å². The molecule has 0 bridgehead atoms. The van der Waals surface area contributed by atoms with Gasteiger partial charge in [0.15, 0.2) is 17.6 Å². The van der Waals surface area contributed by atoms with Gasteiger partial charge in [0.05, 0.1) is 28.0 Å². The molecule has 8 nitrogen and oxygen atoms in total. The molecule has 0 spiro atoms. The van der Waals surface area contributed by atoms with E-state index in [0.717, 1.165) is 26.9 Å². The lowest BCUT2D eigenvalue weighted by molar-refractivity contribution is 0.223. The standard InChI is InChI=1S/C29H25N3O5/c1-15-12-13-21-19(14-15)32-23(17-9-6-5-8-16(17)2)22-24(30(3)29(36)31(4)28(22)35)25(32)27(37-21)18-10-7-11-20(33)26(18)34/h5-14,27,33-34H,1-4H3/t27-/m0/s1. The van der Waals surface area contributed by atoms with Crippen molar-refractivity contribution in [1.82, 2.24) is 13.7 Å². The predicted octanol–water partition coefficient (Wildman–Crippen LogP) is 4.20. The van der Waals surface area contributed by atoms with Crippen LogP contribution in [0.25, 0.3) is 27.8 Å². The Hall–Kier alpha value is -4.72. The molecule has 1 aliphatic rings. The SMILES string of the molecule is Cc1ccc2c(c1)-n1c(-c3ccccc3C)c3c(=O)n(C)c(=O)n(C)c3c1[C@H](c1cccc(O)c1O)O2. The van der Waals surface area contributed by atoms with Crippen LogP contribution < -0.4 is 16.0 Å². The number of hydrogen-bond acceptors (Lipinski definition) is 5. The Morgan fingerprint density at radius 2 is 1.65 bits per heavy atom. The number of aromatic hydroxyl groups is 2. The fraction of sp³-hybridized carbons (Fsp3) is 0.172.